The smallest absolute Gasteiger partial charge is 0.224 e. The van der Waals surface area contributed by atoms with Gasteiger partial charge in [0.15, 0.2) is 0 Å². The van der Waals surface area contributed by atoms with Gasteiger partial charge in [-0.3, -0.25) is 0 Å². The van der Waals surface area contributed by atoms with Gasteiger partial charge in [-0.05, 0) is 76.4 Å². The molecule has 1 aliphatic carbocycles. The lowest BCUT2D eigenvalue weighted by atomic mass is 9.90. The van der Waals surface area contributed by atoms with Gasteiger partial charge in [-0.25, -0.2) is 4.98 Å². The zero-order chi connectivity index (χ0) is 19.5. The van der Waals surface area contributed by atoms with E-state index in [1.165, 1.54) is 23.8 Å². The summed E-state index contributed by atoms with van der Waals surface area (Å²) >= 11 is 0. The standard InChI is InChI=1S/C22H35N5O/c1-3-4-15(2)25-22-24-13-19-20(16-9-11-23-12-10-16)14-27(21(19)26-22)17-5-7-18(28)8-6-17/h13-18,23,28H,3-12H2,1-2H3,(H,24,25,26)/t15?,17-,18-. The van der Waals surface area contributed by atoms with Gasteiger partial charge in [-0.15, -0.1) is 0 Å². The summed E-state index contributed by atoms with van der Waals surface area (Å²) in [5.74, 6) is 1.32. The molecular formula is C22H35N5O. The lowest BCUT2D eigenvalue weighted by molar-refractivity contribution is 0.111. The van der Waals surface area contributed by atoms with E-state index >= 15 is 0 Å². The number of nitrogens with zero attached hydrogens (tertiary/aromatic N) is 3. The van der Waals surface area contributed by atoms with Crippen molar-refractivity contribution in [3.05, 3.63) is 18.0 Å². The molecule has 0 spiro atoms. The van der Waals surface area contributed by atoms with Crippen LogP contribution >= 0.6 is 0 Å². The second-order valence-corrected chi connectivity index (χ2v) is 8.74. The van der Waals surface area contributed by atoms with Crippen LogP contribution in [0.1, 0.15) is 82.7 Å². The summed E-state index contributed by atoms with van der Waals surface area (Å²) in [6.45, 7) is 6.57. The number of nitrogens with one attached hydrogen (secondary N) is 2. The van der Waals surface area contributed by atoms with Crippen molar-refractivity contribution < 1.29 is 5.11 Å². The third-order valence-electron chi connectivity index (χ3n) is 6.54. The molecule has 0 amide bonds. The molecule has 0 bridgehead atoms. The maximum absolute atomic E-state index is 9.94. The Labute approximate surface area is 168 Å². The molecule has 1 saturated heterocycles. The Hall–Kier alpha value is -1.66. The van der Waals surface area contributed by atoms with Crippen molar-refractivity contribution in [1.82, 2.24) is 19.9 Å². The summed E-state index contributed by atoms with van der Waals surface area (Å²) in [5, 5.41) is 18.1. The predicted molar refractivity (Wildman–Crippen MR) is 114 cm³/mol. The van der Waals surface area contributed by atoms with Gasteiger partial charge in [0.25, 0.3) is 0 Å². The number of hydrogen-bond acceptors (Lipinski definition) is 5. The van der Waals surface area contributed by atoms with E-state index in [1.807, 2.05) is 6.20 Å². The van der Waals surface area contributed by atoms with Gasteiger partial charge < -0.3 is 20.3 Å². The molecule has 1 unspecified atom stereocenters. The van der Waals surface area contributed by atoms with Crippen LogP contribution in [-0.2, 0) is 0 Å². The molecule has 3 heterocycles. The Kier molecular flexibility index (Phi) is 6.16. The fraction of sp³-hybridized carbons (Fsp3) is 0.727. The molecule has 2 fully saturated rings. The van der Waals surface area contributed by atoms with E-state index in [0.29, 0.717) is 18.0 Å². The molecule has 4 rings (SSSR count). The quantitative estimate of drug-likeness (QED) is 0.701. The zero-order valence-electron chi connectivity index (χ0n) is 17.3. The van der Waals surface area contributed by atoms with Crippen LogP contribution in [0.2, 0.25) is 0 Å². The van der Waals surface area contributed by atoms with Crippen molar-refractivity contribution in [3.8, 4) is 0 Å². The van der Waals surface area contributed by atoms with E-state index in [0.717, 1.165) is 63.2 Å². The van der Waals surface area contributed by atoms with E-state index in [9.17, 15) is 5.11 Å². The number of aliphatic hydroxyl groups is 1. The van der Waals surface area contributed by atoms with Crippen LogP contribution in [0, 0.1) is 0 Å². The minimum absolute atomic E-state index is 0.135. The minimum Gasteiger partial charge on any atom is -0.393 e. The highest BCUT2D eigenvalue weighted by Gasteiger charge is 2.26. The molecule has 0 aromatic carbocycles. The van der Waals surface area contributed by atoms with Crippen LogP contribution in [0.4, 0.5) is 5.95 Å². The first-order valence-corrected chi connectivity index (χ1v) is 11.2. The number of aromatic nitrogens is 3. The van der Waals surface area contributed by atoms with Crippen molar-refractivity contribution in [2.45, 2.75) is 89.3 Å². The summed E-state index contributed by atoms with van der Waals surface area (Å²) in [5.41, 5.74) is 2.48. The van der Waals surface area contributed by atoms with Crippen molar-refractivity contribution in [3.63, 3.8) is 0 Å². The fourth-order valence-electron chi connectivity index (χ4n) is 4.92. The Balaban J connectivity index is 1.69. The highest BCUT2D eigenvalue weighted by molar-refractivity contribution is 5.81. The fourth-order valence-corrected chi connectivity index (χ4v) is 4.92. The number of aliphatic hydroxyl groups excluding tert-OH is 1. The topological polar surface area (TPSA) is 75.0 Å². The number of hydrogen-bond donors (Lipinski definition) is 3. The second kappa shape index (κ2) is 8.78. The molecule has 28 heavy (non-hydrogen) atoms. The van der Waals surface area contributed by atoms with Gasteiger partial charge in [0, 0.05) is 29.9 Å². The van der Waals surface area contributed by atoms with Gasteiger partial charge in [-0.1, -0.05) is 13.3 Å². The number of piperidine rings is 1. The normalized spacial score (nSPS) is 25.1. The van der Waals surface area contributed by atoms with E-state index in [2.05, 4.69) is 40.2 Å². The van der Waals surface area contributed by atoms with E-state index in [4.69, 9.17) is 4.98 Å². The van der Waals surface area contributed by atoms with Gasteiger partial charge >= 0.3 is 0 Å². The molecule has 3 N–H and O–H groups in total. The van der Waals surface area contributed by atoms with E-state index in [1.54, 1.807) is 0 Å². The predicted octanol–water partition coefficient (Wildman–Crippen LogP) is 3.97. The Morgan fingerprint density at radius 1 is 1.21 bits per heavy atom. The first kappa shape index (κ1) is 19.6. The summed E-state index contributed by atoms with van der Waals surface area (Å²) in [7, 11) is 0. The van der Waals surface area contributed by atoms with Gasteiger partial charge in [0.2, 0.25) is 5.95 Å². The summed E-state index contributed by atoms with van der Waals surface area (Å²) < 4.78 is 2.40. The molecular weight excluding hydrogens is 350 g/mol. The van der Waals surface area contributed by atoms with Crippen molar-refractivity contribution in [2.75, 3.05) is 18.4 Å². The lowest BCUT2D eigenvalue weighted by Gasteiger charge is -2.27. The molecule has 154 valence electrons. The first-order valence-electron chi connectivity index (χ1n) is 11.2. The highest BCUT2D eigenvalue weighted by atomic mass is 16.3. The van der Waals surface area contributed by atoms with Crippen molar-refractivity contribution >= 4 is 17.0 Å². The molecule has 0 radical (unpaired) electrons. The molecule has 2 aromatic rings. The van der Waals surface area contributed by atoms with Crippen molar-refractivity contribution in [2.24, 2.45) is 0 Å². The van der Waals surface area contributed by atoms with Gasteiger partial charge in [0.05, 0.1) is 6.10 Å². The monoisotopic (exact) mass is 385 g/mol. The Morgan fingerprint density at radius 2 is 1.96 bits per heavy atom. The molecule has 2 aromatic heterocycles. The van der Waals surface area contributed by atoms with Crippen molar-refractivity contribution in [1.29, 1.82) is 0 Å². The Morgan fingerprint density at radius 3 is 2.68 bits per heavy atom. The van der Waals surface area contributed by atoms with Crippen LogP contribution in [0.25, 0.3) is 11.0 Å². The highest BCUT2D eigenvalue weighted by Crippen LogP contribution is 2.37. The van der Waals surface area contributed by atoms with Gasteiger partial charge in [0.1, 0.15) is 5.65 Å². The third-order valence-corrected chi connectivity index (χ3v) is 6.54. The lowest BCUT2D eigenvalue weighted by Crippen LogP contribution is -2.26. The zero-order valence-corrected chi connectivity index (χ0v) is 17.3. The maximum atomic E-state index is 9.94. The molecule has 2 aliphatic rings. The molecule has 6 nitrogen and oxygen atoms in total. The molecule has 1 aliphatic heterocycles. The van der Waals surface area contributed by atoms with E-state index < -0.39 is 0 Å². The SMILES string of the molecule is CCCC(C)Nc1ncc2c(C3CCNCC3)cn([C@H]3CC[C@H](O)CC3)c2n1. The molecule has 1 atom stereocenters. The second-order valence-electron chi connectivity index (χ2n) is 8.74. The van der Waals surface area contributed by atoms with E-state index in [-0.39, 0.29) is 6.10 Å². The molecule has 6 heteroatoms. The Bertz CT molecular complexity index is 775. The third kappa shape index (κ3) is 4.18. The first-order chi connectivity index (χ1) is 13.7. The number of rotatable bonds is 6. The van der Waals surface area contributed by atoms with Crippen LogP contribution in [0.3, 0.4) is 0 Å². The van der Waals surface area contributed by atoms with Crippen LogP contribution in [0.15, 0.2) is 12.4 Å². The van der Waals surface area contributed by atoms with Gasteiger partial charge in [-0.2, -0.15) is 4.98 Å². The summed E-state index contributed by atoms with van der Waals surface area (Å²) in [6, 6.07) is 0.803. The average Bonchev–Trinajstić information content (AvgIpc) is 3.08. The number of fused-ring (bicyclic) bond motifs is 1. The summed E-state index contributed by atoms with van der Waals surface area (Å²) in [4.78, 5) is 9.63. The van der Waals surface area contributed by atoms with Crippen LogP contribution < -0.4 is 10.6 Å². The van der Waals surface area contributed by atoms with Crippen LogP contribution in [-0.4, -0.2) is 44.9 Å². The summed E-state index contributed by atoms with van der Waals surface area (Å²) in [6.07, 6.45) is 12.7. The number of anilines is 1. The average molecular weight is 386 g/mol. The minimum atomic E-state index is -0.135. The van der Waals surface area contributed by atoms with Crippen LogP contribution in [0.5, 0.6) is 0 Å². The largest absolute Gasteiger partial charge is 0.393 e. The molecule has 1 saturated carbocycles. The maximum Gasteiger partial charge on any atom is 0.224 e.